The Morgan fingerprint density at radius 3 is 2.65 bits per heavy atom. The predicted molar refractivity (Wildman–Crippen MR) is 79.2 cm³/mol. The minimum atomic E-state index is -3.11. The molecule has 0 bridgehead atoms. The van der Waals surface area contributed by atoms with Gasteiger partial charge in [-0.2, -0.15) is 0 Å². The molecule has 2 rings (SSSR count). The molecule has 1 aliphatic rings. The lowest BCUT2D eigenvalue weighted by atomic mass is 10.1. The molecule has 7 heteroatoms. The van der Waals surface area contributed by atoms with E-state index in [0.717, 1.165) is 12.0 Å². The van der Waals surface area contributed by atoms with Crippen molar-refractivity contribution in [3.8, 4) is 0 Å². The Kier molecular flexibility index (Phi) is 5.04. The summed E-state index contributed by atoms with van der Waals surface area (Å²) in [5.41, 5.74) is 0.792. The largest absolute Gasteiger partial charge is 0.387 e. The van der Waals surface area contributed by atoms with Gasteiger partial charge in [0.1, 0.15) is 0 Å². The molecule has 0 aromatic heterocycles. The van der Waals surface area contributed by atoms with Gasteiger partial charge in [0.05, 0.1) is 12.4 Å². The standard InChI is InChI=1S/C13H19ClN2O3S/c1-20(18,19)16-7-6-12(9-16)15-8-13(17)10-2-4-11(14)5-3-10/h2-5,12-13,15,17H,6-9H2,1H3/t12?,13-/m0/s1. The molecule has 0 saturated carbocycles. The van der Waals surface area contributed by atoms with Crippen LogP contribution in [0.2, 0.25) is 5.02 Å². The number of aliphatic hydroxyl groups excluding tert-OH is 1. The van der Waals surface area contributed by atoms with Gasteiger partial charge in [-0.25, -0.2) is 12.7 Å². The number of nitrogens with one attached hydrogen (secondary N) is 1. The van der Waals surface area contributed by atoms with Crippen molar-refractivity contribution in [3.63, 3.8) is 0 Å². The summed E-state index contributed by atoms with van der Waals surface area (Å²) in [6, 6.07) is 7.13. The third kappa shape index (κ3) is 4.17. The molecule has 1 unspecified atom stereocenters. The monoisotopic (exact) mass is 318 g/mol. The lowest BCUT2D eigenvalue weighted by Crippen LogP contribution is -2.36. The Labute approximate surface area is 124 Å². The Morgan fingerprint density at radius 2 is 2.10 bits per heavy atom. The number of benzene rings is 1. The molecule has 1 saturated heterocycles. The fraction of sp³-hybridized carbons (Fsp3) is 0.538. The van der Waals surface area contributed by atoms with Gasteiger partial charge in [-0.3, -0.25) is 0 Å². The summed E-state index contributed by atoms with van der Waals surface area (Å²) in [5, 5.41) is 13.9. The Hall–Kier alpha value is -0.660. The van der Waals surface area contributed by atoms with E-state index >= 15 is 0 Å². The molecule has 0 spiro atoms. The fourth-order valence-electron chi connectivity index (χ4n) is 2.28. The third-order valence-electron chi connectivity index (χ3n) is 3.47. The van der Waals surface area contributed by atoms with Gasteiger partial charge in [0, 0.05) is 30.7 Å². The number of aliphatic hydroxyl groups is 1. The molecule has 1 aromatic carbocycles. The number of halogens is 1. The first-order valence-corrected chi connectivity index (χ1v) is 8.71. The molecule has 0 amide bonds. The van der Waals surface area contributed by atoms with Gasteiger partial charge >= 0.3 is 0 Å². The Balaban J connectivity index is 1.83. The van der Waals surface area contributed by atoms with Gasteiger partial charge < -0.3 is 10.4 Å². The highest BCUT2D eigenvalue weighted by Gasteiger charge is 2.28. The molecule has 1 aromatic rings. The number of rotatable bonds is 5. The fourth-order valence-corrected chi connectivity index (χ4v) is 3.29. The lowest BCUT2D eigenvalue weighted by Gasteiger charge is -2.17. The van der Waals surface area contributed by atoms with Gasteiger partial charge in [0.25, 0.3) is 0 Å². The molecule has 1 aliphatic heterocycles. The summed E-state index contributed by atoms with van der Waals surface area (Å²) in [6.45, 7) is 1.39. The first-order valence-electron chi connectivity index (χ1n) is 6.48. The van der Waals surface area contributed by atoms with Crippen LogP contribution in [0.3, 0.4) is 0 Å². The quantitative estimate of drug-likeness (QED) is 0.849. The topological polar surface area (TPSA) is 69.6 Å². The number of nitrogens with zero attached hydrogens (tertiary/aromatic N) is 1. The molecule has 2 N–H and O–H groups in total. The van der Waals surface area contributed by atoms with Gasteiger partial charge in [-0.05, 0) is 24.1 Å². The van der Waals surface area contributed by atoms with E-state index in [2.05, 4.69) is 5.32 Å². The van der Waals surface area contributed by atoms with Crippen LogP contribution in [0.1, 0.15) is 18.1 Å². The van der Waals surface area contributed by atoms with Crippen molar-refractivity contribution in [1.29, 1.82) is 0 Å². The van der Waals surface area contributed by atoms with Crippen LogP contribution in [0.4, 0.5) is 0 Å². The summed E-state index contributed by atoms with van der Waals surface area (Å²) in [7, 11) is -3.11. The second-order valence-electron chi connectivity index (χ2n) is 5.08. The third-order valence-corrected chi connectivity index (χ3v) is 5.00. The highest BCUT2D eigenvalue weighted by Crippen LogP contribution is 2.17. The summed E-state index contributed by atoms with van der Waals surface area (Å²) in [6.07, 6.45) is 1.36. The van der Waals surface area contributed by atoms with Crippen molar-refractivity contribution < 1.29 is 13.5 Å². The SMILES string of the molecule is CS(=O)(=O)N1CCC(NC[C@H](O)c2ccc(Cl)cc2)C1. The number of hydrogen-bond acceptors (Lipinski definition) is 4. The second-order valence-corrected chi connectivity index (χ2v) is 7.50. The first kappa shape index (κ1) is 15.7. The maximum Gasteiger partial charge on any atom is 0.211 e. The van der Waals surface area contributed by atoms with Gasteiger partial charge in [-0.15, -0.1) is 0 Å². The van der Waals surface area contributed by atoms with E-state index < -0.39 is 16.1 Å². The van der Waals surface area contributed by atoms with E-state index in [0.29, 0.717) is 24.7 Å². The first-order chi connectivity index (χ1) is 9.36. The molecule has 2 atom stereocenters. The number of hydrogen-bond donors (Lipinski definition) is 2. The predicted octanol–water partition coefficient (Wildman–Crippen LogP) is 0.997. The molecule has 112 valence electrons. The van der Waals surface area contributed by atoms with Crippen LogP contribution in [0.15, 0.2) is 24.3 Å². The summed E-state index contributed by atoms with van der Waals surface area (Å²) >= 11 is 5.80. The molecule has 1 fully saturated rings. The van der Waals surface area contributed by atoms with Crippen molar-refractivity contribution in [1.82, 2.24) is 9.62 Å². The average molecular weight is 319 g/mol. The van der Waals surface area contributed by atoms with E-state index in [1.54, 1.807) is 24.3 Å². The summed E-state index contributed by atoms with van der Waals surface area (Å²) in [5.74, 6) is 0. The minimum Gasteiger partial charge on any atom is -0.387 e. The van der Waals surface area contributed by atoms with Crippen LogP contribution in [0, 0.1) is 0 Å². The average Bonchev–Trinajstić information content (AvgIpc) is 2.85. The van der Waals surface area contributed by atoms with Crippen molar-refractivity contribution in [2.45, 2.75) is 18.6 Å². The van der Waals surface area contributed by atoms with Gasteiger partial charge in [0.15, 0.2) is 0 Å². The Morgan fingerprint density at radius 1 is 1.45 bits per heavy atom. The van der Waals surface area contributed by atoms with Crippen molar-refractivity contribution in [3.05, 3.63) is 34.9 Å². The molecule has 20 heavy (non-hydrogen) atoms. The van der Waals surface area contributed by atoms with Crippen LogP contribution < -0.4 is 5.32 Å². The minimum absolute atomic E-state index is 0.0895. The van der Waals surface area contributed by atoms with Crippen LogP contribution in [0.5, 0.6) is 0 Å². The van der Waals surface area contributed by atoms with Crippen molar-refractivity contribution in [2.24, 2.45) is 0 Å². The van der Waals surface area contributed by atoms with E-state index in [-0.39, 0.29) is 6.04 Å². The van der Waals surface area contributed by atoms with Crippen LogP contribution in [-0.4, -0.2) is 49.8 Å². The van der Waals surface area contributed by atoms with E-state index in [9.17, 15) is 13.5 Å². The zero-order chi connectivity index (χ0) is 14.8. The number of sulfonamides is 1. The lowest BCUT2D eigenvalue weighted by molar-refractivity contribution is 0.170. The van der Waals surface area contributed by atoms with Crippen molar-refractivity contribution >= 4 is 21.6 Å². The van der Waals surface area contributed by atoms with Crippen LogP contribution in [-0.2, 0) is 10.0 Å². The van der Waals surface area contributed by atoms with Crippen LogP contribution >= 0.6 is 11.6 Å². The maximum absolute atomic E-state index is 11.4. The highest BCUT2D eigenvalue weighted by molar-refractivity contribution is 7.88. The van der Waals surface area contributed by atoms with Gasteiger partial charge in [0.2, 0.25) is 10.0 Å². The molecule has 0 radical (unpaired) electrons. The Bertz CT molecular complexity index is 547. The summed E-state index contributed by atoms with van der Waals surface area (Å²) < 4.78 is 24.3. The second kappa shape index (κ2) is 6.41. The summed E-state index contributed by atoms with van der Waals surface area (Å²) in [4.78, 5) is 0. The normalized spacial score (nSPS) is 22.1. The molecular formula is C13H19ClN2O3S. The van der Waals surface area contributed by atoms with E-state index in [1.165, 1.54) is 10.6 Å². The highest BCUT2D eigenvalue weighted by atomic mass is 35.5. The van der Waals surface area contributed by atoms with E-state index in [4.69, 9.17) is 11.6 Å². The molecule has 1 heterocycles. The van der Waals surface area contributed by atoms with Crippen molar-refractivity contribution in [2.75, 3.05) is 25.9 Å². The smallest absolute Gasteiger partial charge is 0.211 e. The molecular weight excluding hydrogens is 300 g/mol. The molecule has 5 nitrogen and oxygen atoms in total. The zero-order valence-corrected chi connectivity index (χ0v) is 12.9. The van der Waals surface area contributed by atoms with E-state index in [1.807, 2.05) is 0 Å². The maximum atomic E-state index is 11.4. The van der Waals surface area contributed by atoms with Gasteiger partial charge in [-0.1, -0.05) is 23.7 Å². The molecule has 0 aliphatic carbocycles. The van der Waals surface area contributed by atoms with Crippen LogP contribution in [0.25, 0.3) is 0 Å². The zero-order valence-electron chi connectivity index (χ0n) is 11.3.